The van der Waals surface area contributed by atoms with Crippen molar-refractivity contribution in [1.29, 1.82) is 0 Å². The summed E-state index contributed by atoms with van der Waals surface area (Å²) in [5, 5.41) is 0.712. The van der Waals surface area contributed by atoms with Gasteiger partial charge in [0.05, 0.1) is 0 Å². The van der Waals surface area contributed by atoms with Gasteiger partial charge in [0.25, 0.3) is 0 Å². The molecule has 0 saturated heterocycles. The van der Waals surface area contributed by atoms with Gasteiger partial charge < -0.3 is 0 Å². The summed E-state index contributed by atoms with van der Waals surface area (Å²) in [6.07, 6.45) is 0. The Morgan fingerprint density at radius 1 is 1.47 bits per heavy atom. The molecule has 0 unspecified atom stereocenters. The third-order valence-electron chi connectivity index (χ3n) is 1.73. The van der Waals surface area contributed by atoms with Gasteiger partial charge in [-0.2, -0.15) is 0 Å². The quantitative estimate of drug-likeness (QED) is 0.735. The molecule has 0 heterocycles. The molecule has 1 rings (SSSR count). The lowest BCUT2D eigenvalue weighted by atomic mass is 10.1. The number of carbonyl (C=O) groups excluding carboxylic acids is 1. The second kappa shape index (κ2) is 4.35. The third-order valence-corrected chi connectivity index (χ3v) is 2.91. The molecule has 15 heavy (non-hydrogen) atoms. The standard InChI is InChI=1S/C10H9FO3S/c1-2-15(13,14)7-10(12)8-4-3-5-9(11)6-8/h2-6H,1,7H2. The lowest BCUT2D eigenvalue weighted by Gasteiger charge is -1.99. The van der Waals surface area contributed by atoms with Crippen molar-refractivity contribution in [2.24, 2.45) is 0 Å². The van der Waals surface area contributed by atoms with Crippen LogP contribution in [0.2, 0.25) is 0 Å². The summed E-state index contributed by atoms with van der Waals surface area (Å²) in [7, 11) is -3.59. The molecular weight excluding hydrogens is 219 g/mol. The average molecular weight is 228 g/mol. The highest BCUT2D eigenvalue weighted by Crippen LogP contribution is 2.06. The van der Waals surface area contributed by atoms with Crippen LogP contribution in [0, 0.1) is 5.82 Å². The molecule has 0 aromatic heterocycles. The summed E-state index contributed by atoms with van der Waals surface area (Å²) in [6, 6.07) is 4.90. The molecule has 0 spiro atoms. The lowest BCUT2D eigenvalue weighted by molar-refractivity contribution is 0.102. The molecule has 0 radical (unpaired) electrons. The van der Waals surface area contributed by atoms with Gasteiger partial charge in [-0.05, 0) is 12.1 Å². The van der Waals surface area contributed by atoms with Crippen LogP contribution >= 0.6 is 0 Å². The Bertz CT molecular complexity index is 491. The summed E-state index contributed by atoms with van der Waals surface area (Å²) in [4.78, 5) is 11.4. The van der Waals surface area contributed by atoms with Crippen LogP contribution in [0.3, 0.4) is 0 Å². The monoisotopic (exact) mass is 228 g/mol. The van der Waals surface area contributed by atoms with E-state index in [0.29, 0.717) is 5.41 Å². The maximum absolute atomic E-state index is 12.7. The molecule has 0 fully saturated rings. The normalized spacial score (nSPS) is 11.0. The van der Waals surface area contributed by atoms with E-state index in [1.54, 1.807) is 0 Å². The fraction of sp³-hybridized carbons (Fsp3) is 0.100. The zero-order chi connectivity index (χ0) is 11.5. The second-order valence-corrected chi connectivity index (χ2v) is 4.86. The largest absolute Gasteiger partial charge is 0.293 e. The highest BCUT2D eigenvalue weighted by atomic mass is 32.2. The van der Waals surface area contributed by atoms with Crippen LogP contribution in [0.1, 0.15) is 10.4 Å². The predicted octanol–water partition coefficient (Wildman–Crippen LogP) is 1.57. The molecule has 5 heteroatoms. The van der Waals surface area contributed by atoms with E-state index < -0.39 is 27.2 Å². The molecule has 0 aliphatic rings. The van der Waals surface area contributed by atoms with Gasteiger partial charge in [-0.15, -0.1) is 0 Å². The van der Waals surface area contributed by atoms with Crippen LogP contribution in [0.5, 0.6) is 0 Å². The van der Waals surface area contributed by atoms with Crippen LogP contribution in [-0.4, -0.2) is 20.0 Å². The van der Waals surface area contributed by atoms with E-state index in [2.05, 4.69) is 6.58 Å². The van der Waals surface area contributed by atoms with Crippen molar-refractivity contribution >= 4 is 15.6 Å². The maximum Gasteiger partial charge on any atom is 0.178 e. The van der Waals surface area contributed by atoms with Crippen molar-refractivity contribution in [3.63, 3.8) is 0 Å². The molecule has 0 aliphatic heterocycles. The summed E-state index contributed by atoms with van der Waals surface area (Å²) < 4.78 is 34.8. The number of ketones is 1. The molecule has 0 atom stereocenters. The van der Waals surface area contributed by atoms with Crippen molar-refractivity contribution in [1.82, 2.24) is 0 Å². The van der Waals surface area contributed by atoms with E-state index in [9.17, 15) is 17.6 Å². The van der Waals surface area contributed by atoms with Gasteiger partial charge in [-0.1, -0.05) is 18.7 Å². The van der Waals surface area contributed by atoms with E-state index in [-0.39, 0.29) is 5.56 Å². The molecule has 0 amide bonds. The number of benzene rings is 1. The van der Waals surface area contributed by atoms with E-state index in [1.807, 2.05) is 0 Å². The minimum Gasteiger partial charge on any atom is -0.293 e. The Morgan fingerprint density at radius 3 is 2.67 bits per heavy atom. The Labute approximate surface area is 87.2 Å². The highest BCUT2D eigenvalue weighted by Gasteiger charge is 2.14. The maximum atomic E-state index is 12.7. The number of rotatable bonds is 4. The van der Waals surface area contributed by atoms with Gasteiger partial charge in [0.1, 0.15) is 11.6 Å². The SMILES string of the molecule is C=CS(=O)(=O)CC(=O)c1cccc(F)c1. The predicted molar refractivity (Wildman–Crippen MR) is 54.7 cm³/mol. The van der Waals surface area contributed by atoms with Crippen molar-refractivity contribution in [3.8, 4) is 0 Å². The third kappa shape index (κ3) is 3.28. The first-order valence-electron chi connectivity index (χ1n) is 4.08. The Balaban J connectivity index is 2.92. The second-order valence-electron chi connectivity index (χ2n) is 2.91. The highest BCUT2D eigenvalue weighted by molar-refractivity contribution is 7.94. The van der Waals surface area contributed by atoms with E-state index in [1.165, 1.54) is 18.2 Å². The number of Topliss-reactive ketones (excluding diaryl/α,β-unsaturated/α-hetero) is 1. The van der Waals surface area contributed by atoms with E-state index in [4.69, 9.17) is 0 Å². The molecule has 3 nitrogen and oxygen atoms in total. The molecule has 0 aliphatic carbocycles. The number of hydrogen-bond donors (Lipinski definition) is 0. The number of carbonyl (C=O) groups is 1. The zero-order valence-corrected chi connectivity index (χ0v) is 8.63. The van der Waals surface area contributed by atoms with E-state index >= 15 is 0 Å². The van der Waals surface area contributed by atoms with Crippen molar-refractivity contribution in [2.45, 2.75) is 0 Å². The minimum atomic E-state index is -3.59. The van der Waals surface area contributed by atoms with Crippen LogP contribution < -0.4 is 0 Å². The fourth-order valence-electron chi connectivity index (χ4n) is 0.987. The van der Waals surface area contributed by atoms with Crippen LogP contribution in [0.25, 0.3) is 0 Å². The van der Waals surface area contributed by atoms with Gasteiger partial charge in [0, 0.05) is 11.0 Å². The van der Waals surface area contributed by atoms with Crippen molar-refractivity contribution in [2.75, 3.05) is 5.75 Å². The average Bonchev–Trinajstić information content (AvgIpc) is 2.17. The molecule has 1 aromatic carbocycles. The molecule has 0 saturated carbocycles. The molecule has 0 bridgehead atoms. The molecule has 0 N–H and O–H groups in total. The first-order chi connectivity index (χ1) is 6.94. The van der Waals surface area contributed by atoms with Gasteiger partial charge in [0.2, 0.25) is 0 Å². The van der Waals surface area contributed by atoms with Gasteiger partial charge in [0.15, 0.2) is 15.6 Å². The fourth-order valence-corrected chi connectivity index (χ4v) is 1.64. The molecule has 1 aromatic rings. The summed E-state index contributed by atoms with van der Waals surface area (Å²) in [6.45, 7) is 3.08. The molecule has 80 valence electrons. The first-order valence-corrected chi connectivity index (χ1v) is 5.80. The van der Waals surface area contributed by atoms with E-state index in [0.717, 1.165) is 6.07 Å². The minimum absolute atomic E-state index is 0.0421. The Hall–Kier alpha value is -1.49. The topological polar surface area (TPSA) is 51.2 Å². The Kier molecular flexibility index (Phi) is 3.36. The van der Waals surface area contributed by atoms with Gasteiger partial charge >= 0.3 is 0 Å². The number of sulfone groups is 1. The Morgan fingerprint density at radius 2 is 2.13 bits per heavy atom. The van der Waals surface area contributed by atoms with Crippen LogP contribution in [0.4, 0.5) is 4.39 Å². The van der Waals surface area contributed by atoms with Crippen LogP contribution in [0.15, 0.2) is 36.3 Å². The smallest absolute Gasteiger partial charge is 0.178 e. The van der Waals surface area contributed by atoms with Gasteiger partial charge in [-0.25, -0.2) is 12.8 Å². The summed E-state index contributed by atoms with van der Waals surface area (Å²) in [5.41, 5.74) is 0.0421. The number of halogens is 1. The van der Waals surface area contributed by atoms with Crippen LogP contribution in [-0.2, 0) is 9.84 Å². The van der Waals surface area contributed by atoms with Crippen molar-refractivity contribution in [3.05, 3.63) is 47.6 Å². The molecular formula is C10H9FO3S. The summed E-state index contributed by atoms with van der Waals surface area (Å²) in [5.74, 6) is -1.90. The summed E-state index contributed by atoms with van der Waals surface area (Å²) >= 11 is 0. The van der Waals surface area contributed by atoms with Gasteiger partial charge in [-0.3, -0.25) is 4.79 Å². The lowest BCUT2D eigenvalue weighted by Crippen LogP contribution is -2.13. The first kappa shape index (κ1) is 11.6. The zero-order valence-electron chi connectivity index (χ0n) is 7.81. The van der Waals surface area contributed by atoms with Crippen molar-refractivity contribution < 1.29 is 17.6 Å². The number of hydrogen-bond acceptors (Lipinski definition) is 3.